The fraction of sp³-hybridized carbons (Fsp3) is 0.342. The third kappa shape index (κ3) is 7.53. The lowest BCUT2D eigenvalue weighted by molar-refractivity contribution is -0.133. The van der Waals surface area contributed by atoms with E-state index in [-0.39, 0.29) is 23.1 Å². The highest BCUT2D eigenvalue weighted by Gasteiger charge is 2.25. The van der Waals surface area contributed by atoms with E-state index in [9.17, 15) is 14.4 Å². The van der Waals surface area contributed by atoms with Gasteiger partial charge >= 0.3 is 0 Å². The van der Waals surface area contributed by atoms with Crippen LogP contribution in [0, 0.1) is 0 Å². The Morgan fingerprint density at radius 2 is 1.80 bits per heavy atom. The Bertz CT molecular complexity index is 1800. The van der Waals surface area contributed by atoms with Gasteiger partial charge in [0.25, 0.3) is 5.91 Å². The highest BCUT2D eigenvalue weighted by molar-refractivity contribution is 6.30. The number of piperidine rings is 1. The van der Waals surface area contributed by atoms with Crippen LogP contribution in [0.5, 0.6) is 5.75 Å². The number of carbonyl (C=O) groups is 2. The number of hydrogen-bond donors (Lipinski definition) is 1. The fourth-order valence-electron chi connectivity index (χ4n) is 6.70. The minimum Gasteiger partial charge on any atom is -0.497 e. The first-order valence-electron chi connectivity index (χ1n) is 16.1. The molecular weight excluding hydrogens is 600 g/mol. The van der Waals surface area contributed by atoms with Crippen LogP contribution in [0.2, 0.25) is 5.02 Å². The van der Waals surface area contributed by atoms with Gasteiger partial charge in [-0.2, -0.15) is 0 Å². The zero-order chi connectivity index (χ0) is 32.0. The van der Waals surface area contributed by atoms with E-state index < -0.39 is 5.91 Å². The average Bonchev–Trinajstić information content (AvgIpc) is 3.07. The molecule has 4 aromatic rings. The molecule has 2 amide bonds. The van der Waals surface area contributed by atoms with Crippen LogP contribution in [0.25, 0.3) is 11.0 Å². The largest absolute Gasteiger partial charge is 0.497 e. The summed E-state index contributed by atoms with van der Waals surface area (Å²) in [6, 6.07) is 22.1. The van der Waals surface area contributed by atoms with Gasteiger partial charge in [-0.3, -0.25) is 14.4 Å². The van der Waals surface area contributed by atoms with Gasteiger partial charge in [-0.05, 0) is 97.9 Å². The van der Waals surface area contributed by atoms with Crippen LogP contribution >= 0.6 is 11.6 Å². The number of likely N-dealkylation sites (tertiary alicyclic amines) is 1. The van der Waals surface area contributed by atoms with E-state index in [2.05, 4.69) is 35.7 Å². The van der Waals surface area contributed by atoms with Gasteiger partial charge in [-0.25, -0.2) is 0 Å². The summed E-state index contributed by atoms with van der Waals surface area (Å²) in [5.74, 6) is 0.743. The summed E-state index contributed by atoms with van der Waals surface area (Å²) in [4.78, 5) is 40.8. The summed E-state index contributed by atoms with van der Waals surface area (Å²) in [7, 11) is 1.53. The van der Waals surface area contributed by atoms with E-state index >= 15 is 0 Å². The third-order valence-corrected chi connectivity index (χ3v) is 9.44. The lowest BCUT2D eigenvalue weighted by Crippen LogP contribution is -2.36. The zero-order valence-corrected chi connectivity index (χ0v) is 26.9. The first-order chi connectivity index (χ1) is 22.4. The summed E-state index contributed by atoms with van der Waals surface area (Å²) >= 11 is 6.14. The molecule has 1 aliphatic carbocycles. The van der Waals surface area contributed by atoms with Gasteiger partial charge in [0.2, 0.25) is 5.91 Å². The van der Waals surface area contributed by atoms with Gasteiger partial charge < -0.3 is 19.4 Å². The number of rotatable bonds is 9. The molecular formula is C38H39ClN2O5. The van der Waals surface area contributed by atoms with E-state index in [1.165, 1.54) is 29.9 Å². The maximum atomic E-state index is 13.5. The molecule has 2 aliphatic rings. The number of ether oxygens (including phenoxy) is 1. The number of allylic oxidation sites excluding steroid dienone is 1. The second-order valence-electron chi connectivity index (χ2n) is 12.3. The topological polar surface area (TPSA) is 88.8 Å². The van der Waals surface area contributed by atoms with Crippen molar-refractivity contribution < 1.29 is 18.7 Å². The Hall–Kier alpha value is -4.36. The Balaban J connectivity index is 1.18. The Kier molecular flexibility index (Phi) is 9.88. The number of amides is 2. The van der Waals surface area contributed by atoms with Crippen molar-refractivity contribution in [3.63, 3.8) is 0 Å². The second-order valence-corrected chi connectivity index (χ2v) is 12.8. The maximum Gasteiger partial charge on any atom is 0.287 e. The number of fused-ring (bicyclic) bond motifs is 1. The number of methoxy groups -OCH3 is 1. The number of nitrogens with one attached hydrogen (secondary N) is 1. The van der Waals surface area contributed by atoms with E-state index in [1.807, 2.05) is 29.2 Å². The number of carbonyl (C=O) groups excluding carboxylic acids is 2. The predicted molar refractivity (Wildman–Crippen MR) is 180 cm³/mol. The molecule has 1 saturated heterocycles. The summed E-state index contributed by atoms with van der Waals surface area (Å²) in [5.41, 5.74) is 4.95. The molecule has 1 atom stereocenters. The minimum atomic E-state index is -0.444. The maximum absolute atomic E-state index is 13.5. The van der Waals surface area contributed by atoms with E-state index in [1.54, 1.807) is 18.2 Å². The molecule has 238 valence electrons. The molecule has 6 rings (SSSR count). The first kappa shape index (κ1) is 31.6. The molecule has 7 nitrogen and oxygen atoms in total. The monoisotopic (exact) mass is 638 g/mol. The molecule has 1 saturated carbocycles. The summed E-state index contributed by atoms with van der Waals surface area (Å²) in [6.07, 6.45) is 9.28. The highest BCUT2D eigenvalue weighted by atomic mass is 35.5. The molecule has 8 heteroatoms. The van der Waals surface area contributed by atoms with Gasteiger partial charge in [0.15, 0.2) is 11.2 Å². The first-order valence-corrected chi connectivity index (χ1v) is 16.5. The van der Waals surface area contributed by atoms with Crippen LogP contribution in [-0.4, -0.2) is 36.4 Å². The Morgan fingerprint density at radius 3 is 2.57 bits per heavy atom. The molecule has 2 heterocycles. The van der Waals surface area contributed by atoms with Crippen LogP contribution in [0.3, 0.4) is 0 Å². The quantitative estimate of drug-likeness (QED) is 0.191. The third-order valence-electron chi connectivity index (χ3n) is 9.19. The molecule has 1 aromatic heterocycles. The molecule has 1 aliphatic heterocycles. The van der Waals surface area contributed by atoms with Crippen LogP contribution in [-0.2, 0) is 17.8 Å². The SMILES string of the molecule is COc1ccc2oc(C(=O)N[C@H](C=C3CCC(c4ccccc4CN4CCCCC4=O)CC3)Cc3ccc(Cl)cc3)cc(=O)c2c1. The summed E-state index contributed by atoms with van der Waals surface area (Å²) < 4.78 is 11.1. The van der Waals surface area contributed by atoms with E-state index in [4.69, 9.17) is 20.8 Å². The lowest BCUT2D eigenvalue weighted by atomic mass is 9.79. The minimum absolute atomic E-state index is 0.0327. The summed E-state index contributed by atoms with van der Waals surface area (Å²) in [6.45, 7) is 1.52. The van der Waals surface area contributed by atoms with Gasteiger partial charge in [0, 0.05) is 30.6 Å². The normalized spacial score (nSPS) is 17.5. The lowest BCUT2D eigenvalue weighted by Gasteiger charge is -2.31. The van der Waals surface area contributed by atoms with Gasteiger partial charge in [0.1, 0.15) is 11.3 Å². The Labute approximate surface area is 274 Å². The fourth-order valence-corrected chi connectivity index (χ4v) is 6.83. The molecule has 0 spiro atoms. The van der Waals surface area contributed by atoms with Crippen molar-refractivity contribution in [2.24, 2.45) is 0 Å². The number of hydrogen-bond acceptors (Lipinski definition) is 5. The van der Waals surface area contributed by atoms with Crippen molar-refractivity contribution >= 4 is 34.4 Å². The van der Waals surface area contributed by atoms with Crippen molar-refractivity contribution in [1.82, 2.24) is 10.2 Å². The van der Waals surface area contributed by atoms with Crippen molar-refractivity contribution in [3.05, 3.63) is 122 Å². The predicted octanol–water partition coefficient (Wildman–Crippen LogP) is 7.59. The standard InChI is InChI=1S/C38H39ClN2O5/c1-45-31-17-18-35-33(22-31)34(42)23-36(46-35)38(44)40-30(21-26-11-15-29(39)16-12-26)20-25-9-13-27(14-10-25)32-7-3-2-6-28(32)24-41-19-5-4-8-37(41)43/h2-3,6-7,11-12,15-18,20,22-23,27,30H,4-5,8-10,13-14,19,21,24H2,1H3,(H,40,44)/t27?,30-/m1/s1. The van der Waals surface area contributed by atoms with Crippen molar-refractivity contribution in [2.75, 3.05) is 13.7 Å². The van der Waals surface area contributed by atoms with E-state index in [0.717, 1.165) is 50.6 Å². The van der Waals surface area contributed by atoms with Crippen LogP contribution in [0.4, 0.5) is 0 Å². The second kappa shape index (κ2) is 14.4. The molecule has 0 unspecified atom stereocenters. The highest BCUT2D eigenvalue weighted by Crippen LogP contribution is 2.37. The van der Waals surface area contributed by atoms with Gasteiger partial charge in [-0.1, -0.05) is 59.6 Å². The van der Waals surface area contributed by atoms with Crippen LogP contribution in [0.15, 0.2) is 93.7 Å². The smallest absolute Gasteiger partial charge is 0.287 e. The molecule has 3 aromatic carbocycles. The van der Waals surface area contributed by atoms with Crippen LogP contribution in [0.1, 0.15) is 78.1 Å². The number of halogens is 1. The zero-order valence-electron chi connectivity index (χ0n) is 26.1. The molecule has 0 radical (unpaired) electrons. The van der Waals surface area contributed by atoms with Crippen molar-refractivity contribution in [1.29, 1.82) is 0 Å². The van der Waals surface area contributed by atoms with Crippen molar-refractivity contribution in [2.45, 2.75) is 69.9 Å². The molecule has 1 N–H and O–H groups in total. The molecule has 0 bridgehead atoms. The number of nitrogens with zero attached hydrogens (tertiary/aromatic N) is 1. The molecule has 2 fully saturated rings. The van der Waals surface area contributed by atoms with Gasteiger partial charge in [0.05, 0.1) is 18.5 Å². The number of benzene rings is 3. The molecule has 46 heavy (non-hydrogen) atoms. The summed E-state index contributed by atoms with van der Waals surface area (Å²) in [5, 5.41) is 4.13. The average molecular weight is 639 g/mol. The van der Waals surface area contributed by atoms with Crippen molar-refractivity contribution in [3.8, 4) is 5.75 Å². The van der Waals surface area contributed by atoms with E-state index in [0.29, 0.717) is 47.0 Å². The van der Waals surface area contributed by atoms with Gasteiger partial charge in [-0.15, -0.1) is 0 Å². The Morgan fingerprint density at radius 1 is 1.02 bits per heavy atom. The van der Waals surface area contributed by atoms with Crippen LogP contribution < -0.4 is 15.5 Å².